The number of piperidine rings is 1. The molecule has 154 valence electrons. The molecule has 1 aliphatic carbocycles. The van der Waals surface area contributed by atoms with Crippen LogP contribution >= 0.6 is 0 Å². The van der Waals surface area contributed by atoms with Crippen LogP contribution < -0.4 is 20.3 Å². The summed E-state index contributed by atoms with van der Waals surface area (Å²) in [4.78, 5) is 23.8. The average Bonchev–Trinajstić information content (AvgIpc) is 3.28. The number of amides is 1. The van der Waals surface area contributed by atoms with Crippen molar-refractivity contribution in [3.63, 3.8) is 0 Å². The summed E-state index contributed by atoms with van der Waals surface area (Å²) in [6, 6.07) is 9.97. The molecule has 2 heterocycles. The number of aromatic nitrogens is 2. The van der Waals surface area contributed by atoms with Gasteiger partial charge in [-0.25, -0.2) is 4.98 Å². The van der Waals surface area contributed by atoms with Gasteiger partial charge in [-0.2, -0.15) is 4.98 Å². The molecule has 2 N–H and O–H groups in total. The van der Waals surface area contributed by atoms with Crippen molar-refractivity contribution in [1.82, 2.24) is 15.3 Å². The van der Waals surface area contributed by atoms with Crippen LogP contribution in [0.3, 0.4) is 0 Å². The molecule has 0 radical (unpaired) electrons. The third-order valence-corrected chi connectivity index (χ3v) is 5.86. The summed E-state index contributed by atoms with van der Waals surface area (Å²) in [6.45, 7) is 1.60. The van der Waals surface area contributed by atoms with Crippen LogP contribution in [0.2, 0.25) is 0 Å². The lowest BCUT2D eigenvalue weighted by Crippen LogP contribution is -2.43. The molecular formula is C22H29N5O2. The van der Waals surface area contributed by atoms with Crippen molar-refractivity contribution in [1.29, 1.82) is 0 Å². The first-order valence-corrected chi connectivity index (χ1v) is 10.5. The number of methoxy groups -OCH3 is 1. The molecule has 7 heteroatoms. The first kappa shape index (κ1) is 19.5. The Morgan fingerprint density at radius 3 is 2.48 bits per heavy atom. The van der Waals surface area contributed by atoms with Crippen molar-refractivity contribution >= 4 is 23.4 Å². The normalized spacial score (nSPS) is 17.9. The molecular weight excluding hydrogens is 366 g/mol. The van der Waals surface area contributed by atoms with Crippen LogP contribution in [0.15, 0.2) is 36.5 Å². The van der Waals surface area contributed by atoms with E-state index in [-0.39, 0.29) is 11.8 Å². The highest BCUT2D eigenvalue weighted by molar-refractivity contribution is 5.79. The standard InChI is InChI=1S/C22H29N5O2/c1-29-19-8-6-18(7-9-19)24-20-10-13-23-22(26-20)27-14-11-16(12-15-27)21(28)25-17-4-2-3-5-17/h6-10,13,16-17H,2-5,11-12,14-15H2,1H3,(H,25,28)(H,23,24,26). The largest absolute Gasteiger partial charge is 0.497 e. The predicted octanol–water partition coefficient (Wildman–Crippen LogP) is 3.50. The van der Waals surface area contributed by atoms with Crippen LogP contribution in [0, 0.1) is 5.92 Å². The molecule has 0 spiro atoms. The van der Waals surface area contributed by atoms with E-state index in [0.29, 0.717) is 12.0 Å². The summed E-state index contributed by atoms with van der Waals surface area (Å²) in [5, 5.41) is 6.54. The van der Waals surface area contributed by atoms with Crippen LogP contribution in [-0.4, -0.2) is 42.1 Å². The number of nitrogens with one attached hydrogen (secondary N) is 2. The van der Waals surface area contributed by atoms with Crippen molar-refractivity contribution in [3.05, 3.63) is 36.5 Å². The van der Waals surface area contributed by atoms with E-state index in [9.17, 15) is 4.79 Å². The number of benzene rings is 1. The van der Waals surface area contributed by atoms with Crippen LogP contribution in [0.1, 0.15) is 38.5 Å². The number of anilines is 3. The minimum atomic E-state index is 0.104. The smallest absolute Gasteiger partial charge is 0.227 e. The van der Waals surface area contributed by atoms with E-state index in [4.69, 9.17) is 4.74 Å². The Balaban J connectivity index is 1.32. The van der Waals surface area contributed by atoms with Gasteiger partial charge in [-0.1, -0.05) is 12.8 Å². The van der Waals surface area contributed by atoms with E-state index in [1.807, 2.05) is 30.3 Å². The van der Waals surface area contributed by atoms with Gasteiger partial charge in [-0.05, 0) is 56.0 Å². The van der Waals surface area contributed by atoms with E-state index >= 15 is 0 Å². The molecule has 0 atom stereocenters. The van der Waals surface area contributed by atoms with Gasteiger partial charge in [0.25, 0.3) is 0 Å². The second-order valence-electron chi connectivity index (χ2n) is 7.85. The highest BCUT2D eigenvalue weighted by Gasteiger charge is 2.28. The molecule has 1 amide bonds. The Morgan fingerprint density at radius 2 is 1.79 bits per heavy atom. The summed E-state index contributed by atoms with van der Waals surface area (Å²) < 4.78 is 5.19. The lowest BCUT2D eigenvalue weighted by molar-refractivity contribution is -0.126. The lowest BCUT2D eigenvalue weighted by atomic mass is 9.95. The summed E-state index contributed by atoms with van der Waals surface area (Å²) in [5.41, 5.74) is 0.942. The number of nitrogens with zero attached hydrogens (tertiary/aromatic N) is 3. The predicted molar refractivity (Wildman–Crippen MR) is 114 cm³/mol. The maximum Gasteiger partial charge on any atom is 0.227 e. The molecule has 0 bridgehead atoms. The number of ether oxygens (including phenoxy) is 1. The molecule has 2 aliphatic rings. The summed E-state index contributed by atoms with van der Waals surface area (Å²) in [7, 11) is 1.65. The van der Waals surface area contributed by atoms with Gasteiger partial charge in [0.05, 0.1) is 7.11 Å². The molecule has 0 unspecified atom stereocenters. The zero-order valence-corrected chi connectivity index (χ0v) is 16.9. The summed E-state index contributed by atoms with van der Waals surface area (Å²) >= 11 is 0. The molecule has 1 saturated heterocycles. The third-order valence-electron chi connectivity index (χ3n) is 5.86. The fourth-order valence-electron chi connectivity index (χ4n) is 4.12. The summed E-state index contributed by atoms with van der Waals surface area (Å²) in [6.07, 6.45) is 8.20. The Kier molecular flexibility index (Phi) is 6.12. The molecule has 2 fully saturated rings. The van der Waals surface area contributed by atoms with Gasteiger partial charge < -0.3 is 20.3 Å². The monoisotopic (exact) mass is 395 g/mol. The Morgan fingerprint density at radius 1 is 1.07 bits per heavy atom. The fraction of sp³-hybridized carbons (Fsp3) is 0.500. The van der Waals surface area contributed by atoms with Crippen LogP contribution in [0.5, 0.6) is 5.75 Å². The second-order valence-corrected chi connectivity index (χ2v) is 7.85. The lowest BCUT2D eigenvalue weighted by Gasteiger charge is -2.32. The first-order chi connectivity index (χ1) is 14.2. The van der Waals surface area contributed by atoms with E-state index in [1.54, 1.807) is 13.3 Å². The number of carbonyl (C=O) groups is 1. The molecule has 1 aromatic carbocycles. The van der Waals surface area contributed by atoms with Crippen LogP contribution in [0.4, 0.5) is 17.5 Å². The van der Waals surface area contributed by atoms with E-state index in [0.717, 1.165) is 56.0 Å². The minimum Gasteiger partial charge on any atom is -0.497 e. The zero-order valence-electron chi connectivity index (χ0n) is 16.9. The number of carbonyl (C=O) groups excluding carboxylic acids is 1. The Bertz CT molecular complexity index is 812. The molecule has 4 rings (SSSR count). The number of hydrogen-bond acceptors (Lipinski definition) is 6. The second kappa shape index (κ2) is 9.11. The molecule has 2 aromatic rings. The van der Waals surface area contributed by atoms with Crippen LogP contribution in [0.25, 0.3) is 0 Å². The highest BCUT2D eigenvalue weighted by Crippen LogP contribution is 2.24. The minimum absolute atomic E-state index is 0.104. The van der Waals surface area contributed by atoms with Crippen LogP contribution in [-0.2, 0) is 4.79 Å². The van der Waals surface area contributed by atoms with E-state index < -0.39 is 0 Å². The van der Waals surface area contributed by atoms with Crippen molar-refractivity contribution in [3.8, 4) is 5.75 Å². The highest BCUT2D eigenvalue weighted by atomic mass is 16.5. The molecule has 1 aliphatic heterocycles. The van der Waals surface area contributed by atoms with E-state index in [2.05, 4.69) is 25.5 Å². The molecule has 29 heavy (non-hydrogen) atoms. The first-order valence-electron chi connectivity index (χ1n) is 10.5. The summed E-state index contributed by atoms with van der Waals surface area (Å²) in [5.74, 6) is 2.61. The molecule has 1 aromatic heterocycles. The SMILES string of the molecule is COc1ccc(Nc2ccnc(N3CCC(C(=O)NC4CCCC4)CC3)n2)cc1. The van der Waals surface area contributed by atoms with Crippen molar-refractivity contribution in [2.45, 2.75) is 44.6 Å². The van der Waals surface area contributed by atoms with Gasteiger partial charge >= 0.3 is 0 Å². The third kappa shape index (κ3) is 4.96. The van der Waals surface area contributed by atoms with Gasteiger partial charge in [0.15, 0.2) is 0 Å². The van der Waals surface area contributed by atoms with Gasteiger partial charge in [-0.3, -0.25) is 4.79 Å². The van der Waals surface area contributed by atoms with Gasteiger partial charge in [0, 0.05) is 36.9 Å². The molecule has 7 nitrogen and oxygen atoms in total. The molecule has 1 saturated carbocycles. The van der Waals surface area contributed by atoms with Gasteiger partial charge in [0.1, 0.15) is 11.6 Å². The average molecular weight is 396 g/mol. The maximum atomic E-state index is 12.5. The zero-order chi connectivity index (χ0) is 20.1. The quantitative estimate of drug-likeness (QED) is 0.779. The number of rotatable bonds is 6. The Labute approximate surface area is 171 Å². The van der Waals surface area contributed by atoms with Crippen molar-refractivity contribution in [2.75, 3.05) is 30.4 Å². The Hall–Kier alpha value is -2.83. The van der Waals surface area contributed by atoms with Gasteiger partial charge in [-0.15, -0.1) is 0 Å². The maximum absolute atomic E-state index is 12.5. The van der Waals surface area contributed by atoms with E-state index in [1.165, 1.54) is 12.8 Å². The van der Waals surface area contributed by atoms with Crippen molar-refractivity contribution in [2.24, 2.45) is 5.92 Å². The number of hydrogen-bond donors (Lipinski definition) is 2. The van der Waals surface area contributed by atoms with Crippen molar-refractivity contribution < 1.29 is 9.53 Å². The van der Waals surface area contributed by atoms with Gasteiger partial charge in [0.2, 0.25) is 11.9 Å². The fourth-order valence-corrected chi connectivity index (χ4v) is 4.12. The topological polar surface area (TPSA) is 79.4 Å².